The number of carbonyl (C=O) groups is 1. The number of nitrogens with zero attached hydrogens (tertiary/aromatic N) is 2. The number of amides is 2. The molecular formula is C16H22N4O2. The molecule has 0 saturated carbocycles. The van der Waals surface area contributed by atoms with Crippen molar-refractivity contribution in [3.63, 3.8) is 0 Å². The molecule has 6 heteroatoms. The van der Waals surface area contributed by atoms with Gasteiger partial charge in [-0.05, 0) is 31.4 Å². The van der Waals surface area contributed by atoms with Crippen molar-refractivity contribution in [3.8, 4) is 0 Å². The summed E-state index contributed by atoms with van der Waals surface area (Å²) < 4.78 is 7.36. The number of hydrogen-bond acceptors (Lipinski definition) is 3. The minimum atomic E-state index is -0.0834. The molecule has 118 valence electrons. The Morgan fingerprint density at radius 2 is 2.23 bits per heavy atom. The maximum Gasteiger partial charge on any atom is 0.315 e. The molecule has 6 nitrogen and oxygen atoms in total. The van der Waals surface area contributed by atoms with E-state index in [-0.39, 0.29) is 12.1 Å². The average Bonchev–Trinajstić information content (AvgIpc) is 2.96. The molecule has 0 atom stereocenters. The fraction of sp³-hybridized carbons (Fsp3) is 0.500. The van der Waals surface area contributed by atoms with Crippen LogP contribution < -0.4 is 10.6 Å². The van der Waals surface area contributed by atoms with Gasteiger partial charge in [0.15, 0.2) is 0 Å². The first-order chi connectivity index (χ1) is 10.8. The molecule has 1 aliphatic rings. The molecule has 0 aromatic carbocycles. The van der Waals surface area contributed by atoms with Gasteiger partial charge in [-0.2, -0.15) is 0 Å². The Kier molecular flexibility index (Phi) is 4.90. The van der Waals surface area contributed by atoms with Crippen LogP contribution in [0, 0.1) is 0 Å². The smallest absolute Gasteiger partial charge is 0.315 e. The number of hydrogen-bond donors (Lipinski definition) is 2. The molecule has 0 aliphatic carbocycles. The van der Waals surface area contributed by atoms with Gasteiger partial charge < -0.3 is 19.8 Å². The molecule has 0 spiro atoms. The molecule has 22 heavy (non-hydrogen) atoms. The average molecular weight is 302 g/mol. The molecule has 2 aromatic rings. The second-order valence-corrected chi connectivity index (χ2v) is 5.56. The van der Waals surface area contributed by atoms with Crippen LogP contribution in [0.2, 0.25) is 0 Å². The summed E-state index contributed by atoms with van der Waals surface area (Å²) in [5.74, 6) is 1.03. The van der Waals surface area contributed by atoms with Gasteiger partial charge in [-0.15, -0.1) is 0 Å². The Morgan fingerprint density at radius 3 is 3.09 bits per heavy atom. The number of pyridine rings is 1. The summed E-state index contributed by atoms with van der Waals surface area (Å²) in [5.41, 5.74) is 1.10. The van der Waals surface area contributed by atoms with Gasteiger partial charge in [-0.3, -0.25) is 0 Å². The van der Waals surface area contributed by atoms with Crippen molar-refractivity contribution in [2.75, 3.05) is 19.8 Å². The van der Waals surface area contributed by atoms with E-state index >= 15 is 0 Å². The Bertz CT molecular complexity index is 619. The van der Waals surface area contributed by atoms with E-state index in [1.165, 1.54) is 0 Å². The van der Waals surface area contributed by atoms with Crippen LogP contribution in [0.25, 0.3) is 5.52 Å². The Labute approximate surface area is 129 Å². The third-order valence-corrected chi connectivity index (χ3v) is 3.93. The van der Waals surface area contributed by atoms with E-state index in [1.54, 1.807) is 0 Å². The molecule has 1 aliphatic heterocycles. The summed E-state index contributed by atoms with van der Waals surface area (Å²) in [6.45, 7) is 2.12. The van der Waals surface area contributed by atoms with Gasteiger partial charge in [0.25, 0.3) is 0 Å². The summed E-state index contributed by atoms with van der Waals surface area (Å²) in [4.78, 5) is 16.2. The lowest BCUT2D eigenvalue weighted by atomic mass is 10.1. The number of fused-ring (bicyclic) bond motifs is 1. The van der Waals surface area contributed by atoms with Crippen molar-refractivity contribution in [2.45, 2.75) is 31.7 Å². The van der Waals surface area contributed by atoms with Crippen molar-refractivity contribution in [1.82, 2.24) is 20.0 Å². The number of carbonyl (C=O) groups excluding carboxylic acids is 1. The summed E-state index contributed by atoms with van der Waals surface area (Å²) in [5, 5.41) is 5.90. The van der Waals surface area contributed by atoms with E-state index in [4.69, 9.17) is 4.74 Å². The fourth-order valence-electron chi connectivity index (χ4n) is 2.71. The number of urea groups is 1. The van der Waals surface area contributed by atoms with Gasteiger partial charge in [0.05, 0.1) is 11.7 Å². The third-order valence-electron chi connectivity index (χ3n) is 3.93. The van der Waals surface area contributed by atoms with Gasteiger partial charge in [0.2, 0.25) is 0 Å². The summed E-state index contributed by atoms with van der Waals surface area (Å²) in [7, 11) is 0. The summed E-state index contributed by atoms with van der Waals surface area (Å²) >= 11 is 0. The summed E-state index contributed by atoms with van der Waals surface area (Å²) in [6, 6.07) is 6.20. The topological polar surface area (TPSA) is 67.7 Å². The largest absolute Gasteiger partial charge is 0.381 e. The van der Waals surface area contributed by atoms with Crippen molar-refractivity contribution < 1.29 is 9.53 Å². The zero-order valence-electron chi connectivity index (χ0n) is 12.6. The van der Waals surface area contributed by atoms with Crippen LogP contribution in [-0.2, 0) is 11.2 Å². The van der Waals surface area contributed by atoms with E-state index in [2.05, 4.69) is 20.0 Å². The number of ether oxygens (including phenoxy) is 1. The second-order valence-electron chi connectivity index (χ2n) is 5.56. The molecule has 2 N–H and O–H groups in total. The number of nitrogens with one attached hydrogen (secondary N) is 2. The molecule has 3 rings (SSSR count). The Hall–Kier alpha value is -2.08. The van der Waals surface area contributed by atoms with Crippen LogP contribution in [-0.4, -0.2) is 41.2 Å². The fourth-order valence-corrected chi connectivity index (χ4v) is 2.71. The highest BCUT2D eigenvalue weighted by molar-refractivity contribution is 5.74. The van der Waals surface area contributed by atoms with E-state index < -0.39 is 0 Å². The highest BCUT2D eigenvalue weighted by Gasteiger charge is 2.15. The highest BCUT2D eigenvalue weighted by Crippen LogP contribution is 2.08. The molecule has 1 saturated heterocycles. The van der Waals surface area contributed by atoms with Gasteiger partial charge in [-0.1, -0.05) is 6.07 Å². The van der Waals surface area contributed by atoms with Crippen molar-refractivity contribution in [2.24, 2.45) is 0 Å². The molecular weight excluding hydrogens is 280 g/mol. The normalized spacial score (nSPS) is 15.8. The van der Waals surface area contributed by atoms with Crippen molar-refractivity contribution >= 4 is 11.5 Å². The zero-order valence-corrected chi connectivity index (χ0v) is 12.6. The number of aryl methyl sites for hydroxylation is 1. The molecule has 2 amide bonds. The van der Waals surface area contributed by atoms with Gasteiger partial charge in [0, 0.05) is 38.4 Å². The minimum absolute atomic E-state index is 0.0834. The second kappa shape index (κ2) is 7.26. The molecule has 1 fully saturated rings. The molecule has 0 radical (unpaired) electrons. The third kappa shape index (κ3) is 3.76. The quantitative estimate of drug-likeness (QED) is 0.827. The molecule has 0 bridgehead atoms. The van der Waals surface area contributed by atoms with Crippen LogP contribution in [0.3, 0.4) is 0 Å². The van der Waals surface area contributed by atoms with Crippen LogP contribution in [0.1, 0.15) is 25.1 Å². The summed E-state index contributed by atoms with van der Waals surface area (Å²) in [6.07, 6.45) is 7.40. The number of imidazole rings is 1. The lowest BCUT2D eigenvalue weighted by Crippen LogP contribution is -2.44. The Balaban J connectivity index is 1.39. The monoisotopic (exact) mass is 302 g/mol. The predicted molar refractivity (Wildman–Crippen MR) is 83.9 cm³/mol. The first-order valence-corrected chi connectivity index (χ1v) is 7.86. The van der Waals surface area contributed by atoms with Crippen LogP contribution >= 0.6 is 0 Å². The zero-order chi connectivity index (χ0) is 15.2. The van der Waals surface area contributed by atoms with Gasteiger partial charge in [-0.25, -0.2) is 9.78 Å². The maximum absolute atomic E-state index is 11.8. The lowest BCUT2D eigenvalue weighted by Gasteiger charge is -2.23. The van der Waals surface area contributed by atoms with Crippen LogP contribution in [0.4, 0.5) is 4.79 Å². The maximum atomic E-state index is 11.8. The van der Waals surface area contributed by atoms with Crippen molar-refractivity contribution in [3.05, 3.63) is 36.4 Å². The SMILES string of the molecule is O=C(NCCCc1ncc2ccccn12)NC1CCOCC1. The lowest BCUT2D eigenvalue weighted by molar-refractivity contribution is 0.0801. The Morgan fingerprint density at radius 1 is 1.36 bits per heavy atom. The highest BCUT2D eigenvalue weighted by atomic mass is 16.5. The van der Waals surface area contributed by atoms with E-state index in [1.807, 2.05) is 30.6 Å². The molecule has 0 unspecified atom stereocenters. The standard InChI is InChI=1S/C16H22N4O2/c21-16(19-13-6-10-22-11-7-13)17-8-3-5-15-18-12-14-4-1-2-9-20(14)15/h1-2,4,9,12-13H,3,5-8,10-11H2,(H2,17,19,21). The number of aromatic nitrogens is 2. The van der Waals surface area contributed by atoms with E-state index in [9.17, 15) is 4.79 Å². The van der Waals surface area contributed by atoms with Gasteiger partial charge >= 0.3 is 6.03 Å². The van der Waals surface area contributed by atoms with E-state index in [0.717, 1.165) is 50.2 Å². The van der Waals surface area contributed by atoms with Crippen LogP contribution in [0.15, 0.2) is 30.6 Å². The van der Waals surface area contributed by atoms with Crippen LogP contribution in [0.5, 0.6) is 0 Å². The van der Waals surface area contributed by atoms with Gasteiger partial charge in [0.1, 0.15) is 5.82 Å². The molecule has 3 heterocycles. The molecule has 2 aromatic heterocycles. The minimum Gasteiger partial charge on any atom is -0.381 e. The number of rotatable bonds is 5. The predicted octanol–water partition coefficient (Wildman–Crippen LogP) is 1.75. The first kappa shape index (κ1) is 14.8. The van der Waals surface area contributed by atoms with Crippen molar-refractivity contribution in [1.29, 1.82) is 0 Å². The first-order valence-electron chi connectivity index (χ1n) is 7.86. The van der Waals surface area contributed by atoms with E-state index in [0.29, 0.717) is 6.54 Å².